The Labute approximate surface area is 113 Å². The third-order valence-corrected chi connectivity index (χ3v) is 2.79. The van der Waals surface area contributed by atoms with Crippen LogP contribution in [0.2, 0.25) is 0 Å². The first-order chi connectivity index (χ1) is 9.13. The second-order valence-electron chi connectivity index (χ2n) is 4.22. The molecule has 0 radical (unpaired) electrons. The summed E-state index contributed by atoms with van der Waals surface area (Å²) < 4.78 is 4.59. The molecule has 0 aliphatic rings. The predicted molar refractivity (Wildman–Crippen MR) is 74.2 cm³/mol. The minimum Gasteiger partial charge on any atom is -0.469 e. The maximum atomic E-state index is 11.0. The molecule has 0 atom stereocenters. The molecule has 0 saturated heterocycles. The van der Waals surface area contributed by atoms with Gasteiger partial charge in [0.15, 0.2) is 0 Å². The fourth-order valence-electron chi connectivity index (χ4n) is 1.78. The Balaban J connectivity index is 2.53. The highest BCUT2D eigenvalue weighted by Gasteiger charge is 2.02. The highest BCUT2D eigenvalue weighted by atomic mass is 16.5. The zero-order valence-electron chi connectivity index (χ0n) is 11.1. The van der Waals surface area contributed by atoms with Crippen LogP contribution in [0.25, 0.3) is 6.08 Å². The van der Waals surface area contributed by atoms with Crippen molar-refractivity contribution in [3.63, 3.8) is 0 Å². The molecule has 2 N–H and O–H groups in total. The monoisotopic (exact) mass is 261 g/mol. The summed E-state index contributed by atoms with van der Waals surface area (Å²) in [5.41, 5.74) is 7.21. The summed E-state index contributed by atoms with van der Waals surface area (Å²) in [5, 5.41) is 0. The van der Waals surface area contributed by atoms with Crippen molar-refractivity contribution in [2.24, 2.45) is 5.73 Å². The summed E-state index contributed by atoms with van der Waals surface area (Å²) in [6.45, 7) is 0. The van der Waals surface area contributed by atoms with Gasteiger partial charge in [-0.3, -0.25) is 9.59 Å². The van der Waals surface area contributed by atoms with Gasteiger partial charge in [-0.2, -0.15) is 0 Å². The number of esters is 1. The zero-order valence-corrected chi connectivity index (χ0v) is 11.1. The normalized spacial score (nSPS) is 10.6. The van der Waals surface area contributed by atoms with E-state index in [2.05, 4.69) is 4.74 Å². The lowest BCUT2D eigenvalue weighted by Crippen LogP contribution is -2.05. The van der Waals surface area contributed by atoms with E-state index in [-0.39, 0.29) is 5.97 Å². The number of unbranched alkanes of at least 4 members (excludes halogenated alkanes) is 1. The number of ether oxygens (including phenoxy) is 1. The highest BCUT2D eigenvalue weighted by molar-refractivity contribution is 5.90. The maximum Gasteiger partial charge on any atom is 0.305 e. The van der Waals surface area contributed by atoms with Crippen molar-refractivity contribution in [1.82, 2.24) is 0 Å². The lowest BCUT2D eigenvalue weighted by molar-refractivity contribution is -0.140. The van der Waals surface area contributed by atoms with Gasteiger partial charge in [-0.25, -0.2) is 0 Å². The number of aryl methyl sites for hydroxylation is 1. The summed E-state index contributed by atoms with van der Waals surface area (Å²) in [4.78, 5) is 21.7. The average molecular weight is 261 g/mol. The molecule has 0 spiro atoms. The number of methoxy groups -OCH3 is 1. The molecular weight excluding hydrogens is 242 g/mol. The lowest BCUT2D eigenvalue weighted by Gasteiger charge is -2.05. The van der Waals surface area contributed by atoms with E-state index in [1.807, 2.05) is 24.3 Å². The number of hydrogen-bond acceptors (Lipinski definition) is 3. The number of carbonyl (C=O) groups excluding carboxylic acids is 2. The number of nitrogens with two attached hydrogens (primary N) is 1. The molecule has 1 rings (SSSR count). The summed E-state index contributed by atoms with van der Waals surface area (Å²) in [5.74, 6) is -0.637. The fourth-order valence-corrected chi connectivity index (χ4v) is 1.78. The molecule has 0 bridgehead atoms. The first kappa shape index (κ1) is 15.0. The smallest absolute Gasteiger partial charge is 0.305 e. The van der Waals surface area contributed by atoms with Crippen LogP contribution in [0, 0.1) is 0 Å². The molecule has 1 aromatic carbocycles. The van der Waals surface area contributed by atoms with Crippen molar-refractivity contribution in [1.29, 1.82) is 0 Å². The highest BCUT2D eigenvalue weighted by Crippen LogP contribution is 2.14. The van der Waals surface area contributed by atoms with Crippen LogP contribution in [-0.4, -0.2) is 19.0 Å². The van der Waals surface area contributed by atoms with Gasteiger partial charge in [0.25, 0.3) is 0 Å². The van der Waals surface area contributed by atoms with Crippen molar-refractivity contribution in [3.8, 4) is 0 Å². The van der Waals surface area contributed by atoms with Gasteiger partial charge in [-0.15, -0.1) is 0 Å². The first-order valence-electron chi connectivity index (χ1n) is 6.25. The number of hydrogen-bond donors (Lipinski definition) is 1. The van der Waals surface area contributed by atoms with E-state index >= 15 is 0 Å². The van der Waals surface area contributed by atoms with E-state index in [0.29, 0.717) is 6.42 Å². The number of primary amides is 1. The Kier molecular flexibility index (Phi) is 6.36. The number of carbonyl (C=O) groups is 2. The Morgan fingerprint density at radius 2 is 2.00 bits per heavy atom. The van der Waals surface area contributed by atoms with E-state index in [1.165, 1.54) is 13.2 Å². The molecule has 19 heavy (non-hydrogen) atoms. The van der Waals surface area contributed by atoms with Gasteiger partial charge in [0.1, 0.15) is 0 Å². The Morgan fingerprint density at radius 3 is 2.68 bits per heavy atom. The van der Waals surface area contributed by atoms with Gasteiger partial charge in [0.05, 0.1) is 7.11 Å². The van der Waals surface area contributed by atoms with E-state index in [9.17, 15) is 9.59 Å². The van der Waals surface area contributed by atoms with E-state index in [1.54, 1.807) is 6.08 Å². The topological polar surface area (TPSA) is 69.4 Å². The third-order valence-electron chi connectivity index (χ3n) is 2.79. The lowest BCUT2D eigenvalue weighted by atomic mass is 10.0. The summed E-state index contributed by atoms with van der Waals surface area (Å²) in [6.07, 6.45) is 6.06. The minimum atomic E-state index is -0.458. The molecule has 4 heteroatoms. The summed E-state index contributed by atoms with van der Waals surface area (Å²) in [7, 11) is 1.40. The molecule has 0 fully saturated rings. The fraction of sp³-hybridized carbons (Fsp3) is 0.333. The van der Waals surface area contributed by atoms with Crippen LogP contribution in [0.3, 0.4) is 0 Å². The molecule has 0 heterocycles. The maximum absolute atomic E-state index is 11.0. The average Bonchev–Trinajstić information content (AvgIpc) is 2.41. The first-order valence-corrected chi connectivity index (χ1v) is 6.25. The third kappa shape index (κ3) is 5.86. The van der Waals surface area contributed by atoms with Crippen LogP contribution in [0.4, 0.5) is 0 Å². The minimum absolute atomic E-state index is 0.179. The van der Waals surface area contributed by atoms with Gasteiger partial charge in [-0.05, 0) is 36.5 Å². The van der Waals surface area contributed by atoms with E-state index in [4.69, 9.17) is 5.73 Å². The molecule has 1 aromatic rings. The van der Waals surface area contributed by atoms with E-state index in [0.717, 1.165) is 30.4 Å². The summed E-state index contributed by atoms with van der Waals surface area (Å²) in [6, 6.07) is 7.82. The Bertz CT molecular complexity index is 466. The van der Waals surface area contributed by atoms with Crippen LogP contribution in [0.15, 0.2) is 30.3 Å². The molecular formula is C15H19NO3. The van der Waals surface area contributed by atoms with Gasteiger partial charge in [-0.1, -0.05) is 24.3 Å². The number of benzene rings is 1. The number of amides is 1. The van der Waals surface area contributed by atoms with Crippen LogP contribution >= 0.6 is 0 Å². The number of rotatable bonds is 7. The summed E-state index contributed by atoms with van der Waals surface area (Å²) >= 11 is 0. The quantitative estimate of drug-likeness (QED) is 0.464. The predicted octanol–water partition coefficient (Wildman–Crippen LogP) is 2.07. The molecule has 1 amide bonds. The van der Waals surface area contributed by atoms with Crippen LogP contribution in [0.1, 0.15) is 30.4 Å². The molecule has 4 nitrogen and oxygen atoms in total. The van der Waals surface area contributed by atoms with Crippen LogP contribution in [0.5, 0.6) is 0 Å². The van der Waals surface area contributed by atoms with Crippen LogP contribution < -0.4 is 5.73 Å². The van der Waals surface area contributed by atoms with Crippen LogP contribution in [-0.2, 0) is 20.7 Å². The molecule has 0 aromatic heterocycles. The Morgan fingerprint density at radius 1 is 1.26 bits per heavy atom. The van der Waals surface area contributed by atoms with Crippen molar-refractivity contribution in [3.05, 3.63) is 41.5 Å². The molecule has 0 aliphatic heterocycles. The van der Waals surface area contributed by atoms with Crippen molar-refractivity contribution in [2.45, 2.75) is 25.7 Å². The molecule has 0 unspecified atom stereocenters. The van der Waals surface area contributed by atoms with Crippen molar-refractivity contribution in [2.75, 3.05) is 7.11 Å². The zero-order chi connectivity index (χ0) is 14.1. The van der Waals surface area contributed by atoms with Crippen molar-refractivity contribution < 1.29 is 14.3 Å². The molecule has 0 saturated carbocycles. The second-order valence-corrected chi connectivity index (χ2v) is 4.22. The second kappa shape index (κ2) is 8.08. The Hall–Kier alpha value is -2.10. The van der Waals surface area contributed by atoms with Gasteiger partial charge in [0, 0.05) is 12.5 Å². The molecule has 102 valence electrons. The SMILES string of the molecule is COC(=O)CCCCc1ccccc1/C=C/C(N)=O. The standard InChI is InChI=1S/C15H19NO3/c1-19-15(18)9-5-4-7-12-6-2-3-8-13(12)10-11-14(16)17/h2-3,6,8,10-11H,4-5,7,9H2,1H3,(H2,16,17)/b11-10+. The van der Waals surface area contributed by atoms with Gasteiger partial charge in [0.2, 0.25) is 5.91 Å². The van der Waals surface area contributed by atoms with Crippen molar-refractivity contribution >= 4 is 18.0 Å². The van der Waals surface area contributed by atoms with E-state index < -0.39 is 5.91 Å². The van der Waals surface area contributed by atoms with Gasteiger partial charge >= 0.3 is 5.97 Å². The molecule has 0 aliphatic carbocycles. The van der Waals surface area contributed by atoms with Gasteiger partial charge < -0.3 is 10.5 Å². The largest absolute Gasteiger partial charge is 0.469 e.